The van der Waals surface area contributed by atoms with Crippen LogP contribution in [0.15, 0.2) is 53.3 Å². The van der Waals surface area contributed by atoms with Gasteiger partial charge in [0.15, 0.2) is 0 Å². The molecule has 0 radical (unpaired) electrons. The van der Waals surface area contributed by atoms with Gasteiger partial charge in [-0.3, -0.25) is 4.79 Å². The summed E-state index contributed by atoms with van der Waals surface area (Å²) >= 11 is 0. The van der Waals surface area contributed by atoms with Gasteiger partial charge in [0.2, 0.25) is 0 Å². The predicted molar refractivity (Wildman–Crippen MR) is 124 cm³/mol. The zero-order valence-corrected chi connectivity index (χ0v) is 18.7. The lowest BCUT2D eigenvalue weighted by Gasteiger charge is -2.35. The Labute approximate surface area is 195 Å². The van der Waals surface area contributed by atoms with Crippen molar-refractivity contribution < 1.29 is 19.1 Å². The third-order valence-electron chi connectivity index (χ3n) is 6.91. The van der Waals surface area contributed by atoms with Crippen LogP contribution < -0.4 is 10.9 Å². The number of nitrogens with zero attached hydrogens (tertiary/aromatic N) is 2. The first-order valence-electron chi connectivity index (χ1n) is 11.5. The first-order chi connectivity index (χ1) is 16.5. The Morgan fingerprint density at radius 2 is 2.09 bits per heavy atom. The summed E-state index contributed by atoms with van der Waals surface area (Å²) in [5, 5.41) is 3.79. The Hall–Kier alpha value is -3.94. The van der Waals surface area contributed by atoms with Gasteiger partial charge in [0.25, 0.3) is 11.2 Å². The van der Waals surface area contributed by atoms with Gasteiger partial charge < -0.3 is 19.4 Å². The van der Waals surface area contributed by atoms with Gasteiger partial charge in [0, 0.05) is 22.6 Å². The summed E-state index contributed by atoms with van der Waals surface area (Å²) in [7, 11) is 0. The van der Waals surface area contributed by atoms with Gasteiger partial charge in [0.1, 0.15) is 6.61 Å². The third kappa shape index (κ3) is 2.98. The Morgan fingerprint density at radius 1 is 1.26 bits per heavy atom. The summed E-state index contributed by atoms with van der Waals surface area (Å²) < 4.78 is 12.8. The number of carbonyl (C=O) groups is 2. The minimum absolute atomic E-state index is 0.0317. The zero-order valence-electron chi connectivity index (χ0n) is 18.7. The van der Waals surface area contributed by atoms with Crippen LogP contribution in [0, 0.1) is 0 Å². The molecule has 1 aliphatic carbocycles. The molecule has 1 N–H and O–H groups in total. The van der Waals surface area contributed by atoms with Gasteiger partial charge in [-0.25, -0.2) is 14.6 Å². The number of benzene rings is 1. The number of amides is 1. The molecule has 1 amide bonds. The third-order valence-corrected chi connectivity index (χ3v) is 6.91. The van der Waals surface area contributed by atoms with Crippen LogP contribution in [0.2, 0.25) is 0 Å². The number of hydrogen-bond donors (Lipinski definition) is 1. The van der Waals surface area contributed by atoms with Crippen molar-refractivity contribution in [3.8, 4) is 11.4 Å². The van der Waals surface area contributed by atoms with Crippen molar-refractivity contribution in [2.24, 2.45) is 0 Å². The molecule has 0 bridgehead atoms. The van der Waals surface area contributed by atoms with Gasteiger partial charge in [-0.2, -0.15) is 0 Å². The number of rotatable bonds is 3. The highest BCUT2D eigenvalue weighted by Gasteiger charge is 2.50. The van der Waals surface area contributed by atoms with Crippen molar-refractivity contribution in [2.45, 2.75) is 51.0 Å². The summed E-state index contributed by atoms with van der Waals surface area (Å²) in [5.74, 6) is -0.726. The summed E-state index contributed by atoms with van der Waals surface area (Å²) in [4.78, 5) is 44.2. The number of esters is 1. The Bertz CT molecular complexity index is 1450. The predicted octanol–water partition coefficient (Wildman–Crippen LogP) is 3.53. The molecule has 34 heavy (non-hydrogen) atoms. The number of fused-ring (bicyclic) bond motifs is 5. The fourth-order valence-electron chi connectivity index (χ4n) is 4.96. The van der Waals surface area contributed by atoms with E-state index in [1.165, 1.54) is 6.08 Å². The standard InChI is InChI=1S/C26H23N3O5/c1-2-10-26(34-25(32)27-17-7-5-8-17)19-12-21-22-16(11-15-6-3-4-9-20(15)28-22)13-29(21)23(30)18(19)14-33-24(26)31/h2-4,6,9-12,17H,5,7-8,13-14H2,1H3,(H,27,32)/b10-2+/t26-/m0/s1. The highest BCUT2D eigenvalue weighted by atomic mass is 16.6. The fraction of sp³-hybridized carbons (Fsp3) is 0.308. The van der Waals surface area contributed by atoms with E-state index >= 15 is 0 Å². The molecule has 172 valence electrons. The van der Waals surface area contributed by atoms with Crippen LogP contribution in [0.3, 0.4) is 0 Å². The molecule has 4 heterocycles. The number of pyridine rings is 2. The van der Waals surface area contributed by atoms with E-state index in [9.17, 15) is 14.4 Å². The van der Waals surface area contributed by atoms with E-state index in [0.29, 0.717) is 29.1 Å². The van der Waals surface area contributed by atoms with Crippen molar-refractivity contribution in [2.75, 3.05) is 0 Å². The molecule has 1 saturated carbocycles. The molecular formula is C26H23N3O5. The molecule has 1 atom stereocenters. The lowest BCUT2D eigenvalue weighted by Crippen LogP contribution is -2.50. The van der Waals surface area contributed by atoms with E-state index in [0.717, 1.165) is 35.7 Å². The Kier molecular flexibility index (Phi) is 4.58. The molecule has 3 aliphatic rings. The summed E-state index contributed by atoms with van der Waals surface area (Å²) in [6.45, 7) is 1.92. The lowest BCUT2D eigenvalue weighted by molar-refractivity contribution is -0.166. The molecule has 1 fully saturated rings. The Morgan fingerprint density at radius 3 is 2.85 bits per heavy atom. The second-order valence-electron chi connectivity index (χ2n) is 8.98. The van der Waals surface area contributed by atoms with E-state index in [4.69, 9.17) is 14.5 Å². The molecule has 3 aromatic rings. The van der Waals surface area contributed by atoms with Crippen molar-refractivity contribution in [3.05, 3.63) is 75.6 Å². The summed E-state index contributed by atoms with van der Waals surface area (Å²) in [5.41, 5.74) is 1.52. The number of para-hydroxylation sites is 1. The number of carbonyl (C=O) groups excluding carboxylic acids is 2. The average Bonchev–Trinajstić information content (AvgIpc) is 3.16. The molecule has 8 nitrogen and oxygen atoms in total. The SMILES string of the molecule is C/C=C/[C@@]1(OC(=O)NC2CCC2)C(=O)OCc2c1cc1n(c2=O)Cc2cc3ccccc3nc2-1. The normalized spacial score (nSPS) is 20.9. The number of allylic oxidation sites excluding steroid dienone is 1. The average molecular weight is 457 g/mol. The van der Waals surface area contributed by atoms with Crippen LogP contribution >= 0.6 is 0 Å². The number of alkyl carbamates (subject to hydrolysis) is 1. The molecule has 0 saturated heterocycles. The van der Waals surface area contributed by atoms with Crippen molar-refractivity contribution in [1.29, 1.82) is 0 Å². The van der Waals surface area contributed by atoms with Gasteiger partial charge in [-0.05, 0) is 50.5 Å². The van der Waals surface area contributed by atoms with E-state index in [2.05, 4.69) is 5.32 Å². The molecule has 2 aromatic heterocycles. The van der Waals surface area contributed by atoms with Crippen LogP contribution in [0.1, 0.15) is 42.9 Å². The van der Waals surface area contributed by atoms with Crippen LogP contribution in [-0.2, 0) is 33.0 Å². The Balaban J connectivity index is 1.52. The maximum Gasteiger partial charge on any atom is 0.409 e. The molecule has 0 spiro atoms. The van der Waals surface area contributed by atoms with Gasteiger partial charge in [-0.15, -0.1) is 0 Å². The van der Waals surface area contributed by atoms with Crippen molar-refractivity contribution in [3.63, 3.8) is 0 Å². The molecule has 6 rings (SSSR count). The van der Waals surface area contributed by atoms with E-state index in [1.54, 1.807) is 23.6 Å². The van der Waals surface area contributed by atoms with Gasteiger partial charge in [0.05, 0.1) is 29.0 Å². The van der Waals surface area contributed by atoms with E-state index in [1.807, 2.05) is 30.3 Å². The molecular weight excluding hydrogens is 434 g/mol. The second kappa shape index (κ2) is 7.55. The molecule has 0 unspecified atom stereocenters. The van der Waals surface area contributed by atoms with Gasteiger partial charge in [-0.1, -0.05) is 24.3 Å². The maximum atomic E-state index is 13.5. The first-order valence-corrected chi connectivity index (χ1v) is 11.5. The quantitative estimate of drug-likeness (QED) is 0.373. The zero-order chi connectivity index (χ0) is 23.4. The van der Waals surface area contributed by atoms with E-state index in [-0.39, 0.29) is 18.2 Å². The summed E-state index contributed by atoms with van der Waals surface area (Å²) in [6, 6.07) is 11.6. The number of nitrogens with one attached hydrogen (secondary N) is 1. The smallest absolute Gasteiger partial charge is 0.409 e. The molecule has 1 aromatic carbocycles. The molecule has 8 heteroatoms. The topological polar surface area (TPSA) is 99.5 Å². The number of aromatic nitrogens is 2. The highest BCUT2D eigenvalue weighted by molar-refractivity contribution is 5.90. The second-order valence-corrected chi connectivity index (χ2v) is 8.98. The highest BCUT2D eigenvalue weighted by Crippen LogP contribution is 2.40. The van der Waals surface area contributed by atoms with Crippen LogP contribution in [-0.4, -0.2) is 27.7 Å². The van der Waals surface area contributed by atoms with Crippen molar-refractivity contribution >= 4 is 23.0 Å². The monoisotopic (exact) mass is 457 g/mol. The number of hydrogen-bond acceptors (Lipinski definition) is 6. The fourth-order valence-corrected chi connectivity index (χ4v) is 4.96. The minimum Gasteiger partial charge on any atom is -0.457 e. The molecule has 2 aliphatic heterocycles. The van der Waals surface area contributed by atoms with Crippen molar-refractivity contribution in [1.82, 2.24) is 14.9 Å². The van der Waals surface area contributed by atoms with Crippen LogP contribution in [0.25, 0.3) is 22.3 Å². The summed E-state index contributed by atoms with van der Waals surface area (Å²) in [6.07, 6.45) is 5.18. The van der Waals surface area contributed by atoms with Crippen LogP contribution in [0.5, 0.6) is 0 Å². The van der Waals surface area contributed by atoms with Crippen LogP contribution in [0.4, 0.5) is 4.79 Å². The largest absolute Gasteiger partial charge is 0.457 e. The first kappa shape index (κ1) is 20.7. The van der Waals surface area contributed by atoms with Gasteiger partial charge >= 0.3 is 12.1 Å². The number of ether oxygens (including phenoxy) is 2. The number of cyclic esters (lactones) is 1. The van der Waals surface area contributed by atoms with E-state index < -0.39 is 17.7 Å². The maximum absolute atomic E-state index is 13.5. The minimum atomic E-state index is -1.84. The lowest BCUT2D eigenvalue weighted by atomic mass is 9.87.